The molecule has 4 aliphatic carbocycles. The SMILES string of the molecule is C[C@H](CCC(=O)O)[C@H]1CC[C@@H]2[C@@H]3[C@H](O)C[C@@H]4C[C@H](O)CC[C@]4(C)[C@@H]3C[C@H](O)[C@@]21C. The van der Waals surface area contributed by atoms with Gasteiger partial charge in [0.15, 0.2) is 0 Å². The van der Waals surface area contributed by atoms with Crippen LogP contribution in [0.4, 0.5) is 0 Å². The van der Waals surface area contributed by atoms with Gasteiger partial charge >= 0.3 is 5.97 Å². The van der Waals surface area contributed by atoms with Gasteiger partial charge in [0.05, 0.1) is 18.3 Å². The molecule has 0 aromatic heterocycles. The number of aliphatic carboxylic acids is 1. The number of carboxylic acid groups (broad SMARTS) is 1. The van der Waals surface area contributed by atoms with Crippen LogP contribution in [0.2, 0.25) is 0 Å². The van der Waals surface area contributed by atoms with Crippen LogP contribution in [0.15, 0.2) is 0 Å². The molecule has 0 amide bonds. The normalized spacial score (nSPS) is 52.9. The van der Waals surface area contributed by atoms with Crippen molar-refractivity contribution in [2.75, 3.05) is 0 Å². The van der Waals surface area contributed by atoms with E-state index in [9.17, 15) is 20.1 Å². The number of hydrogen-bond donors (Lipinski definition) is 4. The molecular formula is C24H40O5. The number of hydrogen-bond acceptors (Lipinski definition) is 4. The first-order valence-corrected chi connectivity index (χ1v) is 11.8. The third kappa shape index (κ3) is 3.27. The summed E-state index contributed by atoms with van der Waals surface area (Å²) >= 11 is 0. The molecule has 0 heterocycles. The van der Waals surface area contributed by atoms with Crippen LogP contribution in [-0.4, -0.2) is 44.7 Å². The van der Waals surface area contributed by atoms with Crippen molar-refractivity contribution in [3.8, 4) is 0 Å². The van der Waals surface area contributed by atoms with Gasteiger partial charge in [0.1, 0.15) is 0 Å². The molecule has 5 heteroatoms. The summed E-state index contributed by atoms with van der Waals surface area (Å²) in [4.78, 5) is 11.1. The molecule has 0 bridgehead atoms. The molecule has 4 fully saturated rings. The summed E-state index contributed by atoms with van der Waals surface area (Å²) in [7, 11) is 0. The predicted molar refractivity (Wildman–Crippen MR) is 110 cm³/mol. The van der Waals surface area contributed by atoms with Crippen molar-refractivity contribution in [1.29, 1.82) is 0 Å². The number of fused-ring (bicyclic) bond motifs is 5. The third-order valence-corrected chi connectivity index (χ3v) is 10.3. The predicted octanol–water partition coefficient (Wildman–Crippen LogP) is 3.45. The van der Waals surface area contributed by atoms with Crippen LogP contribution in [0.5, 0.6) is 0 Å². The monoisotopic (exact) mass is 408 g/mol. The molecule has 0 aromatic carbocycles. The average molecular weight is 409 g/mol. The second-order valence-electron chi connectivity index (χ2n) is 11.4. The Labute approximate surface area is 174 Å². The molecular weight excluding hydrogens is 368 g/mol. The van der Waals surface area contributed by atoms with Crippen molar-refractivity contribution in [2.45, 2.75) is 96.9 Å². The molecule has 0 aliphatic heterocycles. The van der Waals surface area contributed by atoms with Gasteiger partial charge in [0.2, 0.25) is 0 Å². The lowest BCUT2D eigenvalue weighted by molar-refractivity contribution is -0.207. The fraction of sp³-hybridized carbons (Fsp3) is 0.958. The molecule has 0 unspecified atom stereocenters. The van der Waals surface area contributed by atoms with Crippen molar-refractivity contribution >= 4 is 5.97 Å². The lowest BCUT2D eigenvalue weighted by Gasteiger charge is -2.63. The summed E-state index contributed by atoms with van der Waals surface area (Å²) in [5.74, 6) is 0.997. The number of aliphatic hydroxyl groups excluding tert-OH is 3. The summed E-state index contributed by atoms with van der Waals surface area (Å²) in [6.07, 6.45) is 6.00. The Hall–Kier alpha value is -0.650. The molecule has 5 nitrogen and oxygen atoms in total. The fourth-order valence-corrected chi connectivity index (χ4v) is 8.68. The van der Waals surface area contributed by atoms with Crippen molar-refractivity contribution in [1.82, 2.24) is 0 Å². The summed E-state index contributed by atoms with van der Waals surface area (Å²) in [6, 6.07) is 0. The maximum atomic E-state index is 11.5. The molecule has 0 spiro atoms. The van der Waals surface area contributed by atoms with E-state index in [1.165, 1.54) is 0 Å². The highest BCUT2D eigenvalue weighted by Crippen LogP contribution is 2.68. The van der Waals surface area contributed by atoms with Gasteiger partial charge < -0.3 is 20.4 Å². The third-order valence-electron chi connectivity index (χ3n) is 10.3. The summed E-state index contributed by atoms with van der Waals surface area (Å²) in [5, 5.41) is 42.0. The van der Waals surface area contributed by atoms with E-state index in [4.69, 9.17) is 5.11 Å². The van der Waals surface area contributed by atoms with Crippen molar-refractivity contribution < 1.29 is 25.2 Å². The van der Waals surface area contributed by atoms with E-state index in [-0.39, 0.29) is 41.3 Å². The smallest absolute Gasteiger partial charge is 0.303 e. The molecule has 4 aliphatic rings. The molecule has 0 saturated heterocycles. The van der Waals surface area contributed by atoms with Crippen LogP contribution in [-0.2, 0) is 4.79 Å². The van der Waals surface area contributed by atoms with E-state index in [1.807, 2.05) is 0 Å². The number of carbonyl (C=O) groups is 1. The maximum Gasteiger partial charge on any atom is 0.303 e. The molecule has 4 N–H and O–H groups in total. The minimum Gasteiger partial charge on any atom is -0.481 e. The minimum absolute atomic E-state index is 0.0957. The van der Waals surface area contributed by atoms with Gasteiger partial charge in [-0.3, -0.25) is 4.79 Å². The average Bonchev–Trinajstić information content (AvgIpc) is 3.01. The zero-order valence-electron chi connectivity index (χ0n) is 18.3. The standard InChI is InChI=1S/C24H40O5/c1-13(4-7-21(28)29)16-5-6-17-22-18(12-20(27)24(16,17)3)23(2)9-8-15(25)10-14(23)11-19(22)26/h13-20,22,25-27H,4-12H2,1-3H3,(H,28,29)/t13-,14+,15-,16-,17-,18-,19-,20+,22+,23+,24-/m1/s1. The van der Waals surface area contributed by atoms with Gasteiger partial charge in [0, 0.05) is 6.42 Å². The molecule has 0 aromatic rings. The van der Waals surface area contributed by atoms with Gasteiger partial charge in [-0.25, -0.2) is 0 Å². The first-order chi connectivity index (χ1) is 13.6. The second-order valence-corrected chi connectivity index (χ2v) is 11.4. The minimum atomic E-state index is -0.748. The maximum absolute atomic E-state index is 11.5. The highest BCUT2D eigenvalue weighted by molar-refractivity contribution is 5.66. The highest BCUT2D eigenvalue weighted by Gasteiger charge is 2.65. The van der Waals surface area contributed by atoms with E-state index in [2.05, 4.69) is 20.8 Å². The summed E-state index contributed by atoms with van der Waals surface area (Å²) in [5.41, 5.74) is -0.143. The Morgan fingerprint density at radius 3 is 2.45 bits per heavy atom. The van der Waals surface area contributed by atoms with Crippen molar-refractivity contribution in [3.63, 3.8) is 0 Å². The Morgan fingerprint density at radius 2 is 1.76 bits per heavy atom. The molecule has 166 valence electrons. The summed E-state index contributed by atoms with van der Waals surface area (Å²) < 4.78 is 0. The summed E-state index contributed by atoms with van der Waals surface area (Å²) in [6.45, 7) is 6.72. The van der Waals surface area contributed by atoms with E-state index in [0.29, 0.717) is 30.1 Å². The Kier molecular flexibility index (Phi) is 5.57. The van der Waals surface area contributed by atoms with Gasteiger partial charge in [0.25, 0.3) is 0 Å². The fourth-order valence-electron chi connectivity index (χ4n) is 8.68. The molecule has 11 atom stereocenters. The van der Waals surface area contributed by atoms with Crippen LogP contribution in [0.3, 0.4) is 0 Å². The molecule has 29 heavy (non-hydrogen) atoms. The van der Waals surface area contributed by atoms with E-state index in [1.54, 1.807) is 0 Å². The first kappa shape index (κ1) is 21.6. The van der Waals surface area contributed by atoms with Crippen LogP contribution in [0.25, 0.3) is 0 Å². The lowest BCUT2D eigenvalue weighted by atomic mass is 9.43. The topological polar surface area (TPSA) is 98.0 Å². The number of carboxylic acids is 1. The molecule has 4 rings (SSSR count). The van der Waals surface area contributed by atoms with E-state index in [0.717, 1.165) is 44.9 Å². The zero-order valence-corrected chi connectivity index (χ0v) is 18.3. The highest BCUT2D eigenvalue weighted by atomic mass is 16.4. The van der Waals surface area contributed by atoms with E-state index < -0.39 is 12.1 Å². The second kappa shape index (κ2) is 7.49. The van der Waals surface area contributed by atoms with Gasteiger partial charge in [-0.15, -0.1) is 0 Å². The van der Waals surface area contributed by atoms with Crippen LogP contribution in [0, 0.1) is 46.3 Å². The van der Waals surface area contributed by atoms with Crippen LogP contribution in [0.1, 0.15) is 78.6 Å². The number of aliphatic hydroxyl groups is 3. The van der Waals surface area contributed by atoms with Gasteiger partial charge in [-0.2, -0.15) is 0 Å². The largest absolute Gasteiger partial charge is 0.481 e. The first-order valence-electron chi connectivity index (χ1n) is 11.8. The Bertz CT molecular complexity index is 637. The van der Waals surface area contributed by atoms with Crippen molar-refractivity contribution in [2.24, 2.45) is 46.3 Å². The van der Waals surface area contributed by atoms with Crippen LogP contribution < -0.4 is 0 Å². The lowest BCUT2D eigenvalue weighted by Crippen LogP contribution is -2.62. The van der Waals surface area contributed by atoms with Crippen molar-refractivity contribution in [3.05, 3.63) is 0 Å². The van der Waals surface area contributed by atoms with Gasteiger partial charge in [-0.1, -0.05) is 20.8 Å². The molecule has 0 radical (unpaired) electrons. The zero-order chi connectivity index (χ0) is 21.1. The van der Waals surface area contributed by atoms with E-state index >= 15 is 0 Å². The quantitative estimate of drug-likeness (QED) is 0.571. The Balaban J connectivity index is 1.61. The molecule has 4 saturated carbocycles. The van der Waals surface area contributed by atoms with Crippen LogP contribution >= 0.6 is 0 Å². The number of rotatable bonds is 4. The van der Waals surface area contributed by atoms with Gasteiger partial charge in [-0.05, 0) is 97.7 Å². The Morgan fingerprint density at radius 1 is 1.03 bits per heavy atom.